The molecule has 0 saturated carbocycles. The molecule has 0 aliphatic carbocycles. The van der Waals surface area contributed by atoms with E-state index in [-0.39, 0.29) is 33.5 Å². The van der Waals surface area contributed by atoms with Gasteiger partial charge in [-0.1, -0.05) is 47.0 Å². The molecule has 0 radical (unpaired) electrons. The molecule has 0 aliphatic heterocycles. The molecule has 0 aromatic heterocycles. The van der Waals surface area contributed by atoms with Crippen LogP contribution < -0.4 is 15.4 Å². The summed E-state index contributed by atoms with van der Waals surface area (Å²) >= 11 is 6.24. The first kappa shape index (κ1) is 26.2. The van der Waals surface area contributed by atoms with Crippen LogP contribution in [-0.2, 0) is 14.8 Å². The summed E-state index contributed by atoms with van der Waals surface area (Å²) in [6, 6.07) is 15.1. The van der Waals surface area contributed by atoms with Crippen LogP contribution in [0.1, 0.15) is 34.8 Å². The van der Waals surface area contributed by atoms with E-state index in [1.54, 1.807) is 43.3 Å². The average Bonchev–Trinajstić information content (AvgIpc) is 2.77. The highest BCUT2D eigenvalue weighted by atomic mass is 35.5. The van der Waals surface area contributed by atoms with Gasteiger partial charge in [-0.05, 0) is 51.1 Å². The van der Waals surface area contributed by atoms with E-state index in [0.29, 0.717) is 5.56 Å². The lowest BCUT2D eigenvalue weighted by atomic mass is 10.1. The number of hydrogen-bond donors (Lipinski definition) is 4. The second kappa shape index (κ2) is 10.9. The van der Waals surface area contributed by atoms with E-state index in [1.165, 1.54) is 24.3 Å². The van der Waals surface area contributed by atoms with Crippen molar-refractivity contribution in [1.82, 2.24) is 4.72 Å². The number of sulfonamides is 1. The Bertz CT molecular complexity index is 1340. The zero-order valence-electron chi connectivity index (χ0n) is 19.4. The standard InChI is InChI=1S/C25H26ClN3O5S/c1-15-4-8-18(9-5-15)25(32)28-22-13-20(26)21(14-23(22)30)27-24(31)12-17(3)29-35(33,34)19-10-6-16(2)7-11-19/h4-11,13-14,17,29-30H,12H2,1-3H3,(H,27,31)(H,28,32). The van der Waals surface area contributed by atoms with Crippen LogP contribution in [0.4, 0.5) is 11.4 Å². The summed E-state index contributed by atoms with van der Waals surface area (Å²) in [6.45, 7) is 5.32. The van der Waals surface area contributed by atoms with Gasteiger partial charge < -0.3 is 15.7 Å². The van der Waals surface area contributed by atoms with Crippen LogP contribution in [0.3, 0.4) is 0 Å². The molecule has 184 valence electrons. The lowest BCUT2D eigenvalue weighted by Gasteiger charge is -2.16. The summed E-state index contributed by atoms with van der Waals surface area (Å²) < 4.78 is 27.5. The lowest BCUT2D eigenvalue weighted by molar-refractivity contribution is -0.116. The van der Waals surface area contributed by atoms with Gasteiger partial charge in [0.2, 0.25) is 15.9 Å². The Kier molecular flexibility index (Phi) is 8.16. The van der Waals surface area contributed by atoms with Gasteiger partial charge in [-0.25, -0.2) is 13.1 Å². The average molecular weight is 516 g/mol. The van der Waals surface area contributed by atoms with E-state index in [2.05, 4.69) is 15.4 Å². The molecule has 0 spiro atoms. The minimum atomic E-state index is -3.79. The molecule has 0 fully saturated rings. The number of amides is 2. The second-order valence-electron chi connectivity index (χ2n) is 8.26. The SMILES string of the molecule is Cc1ccc(C(=O)Nc2cc(Cl)c(NC(=O)CC(C)NS(=O)(=O)c3ccc(C)cc3)cc2O)cc1. The van der Waals surface area contributed by atoms with E-state index < -0.39 is 27.9 Å². The number of carbonyl (C=O) groups excluding carboxylic acids is 2. The fourth-order valence-electron chi connectivity index (χ4n) is 3.23. The van der Waals surface area contributed by atoms with Gasteiger partial charge in [-0.3, -0.25) is 9.59 Å². The van der Waals surface area contributed by atoms with Crippen LogP contribution in [0.5, 0.6) is 5.75 Å². The molecule has 8 nitrogen and oxygen atoms in total. The smallest absolute Gasteiger partial charge is 0.255 e. The number of phenolic OH excluding ortho intramolecular Hbond substituents is 1. The monoisotopic (exact) mass is 515 g/mol. The zero-order chi connectivity index (χ0) is 25.8. The van der Waals surface area contributed by atoms with Crippen molar-refractivity contribution in [1.29, 1.82) is 0 Å². The first-order valence-electron chi connectivity index (χ1n) is 10.7. The summed E-state index contributed by atoms with van der Waals surface area (Å²) in [5.41, 5.74) is 2.54. The Labute approximate surface area is 209 Å². The van der Waals surface area contributed by atoms with Crippen LogP contribution >= 0.6 is 11.6 Å². The van der Waals surface area contributed by atoms with Gasteiger partial charge in [0.25, 0.3) is 5.91 Å². The fourth-order valence-corrected chi connectivity index (χ4v) is 4.68. The molecule has 3 aromatic carbocycles. The Morgan fingerprint density at radius 1 is 0.914 bits per heavy atom. The number of carbonyl (C=O) groups is 2. The molecule has 2 amide bonds. The Hall–Kier alpha value is -3.40. The molecule has 3 aromatic rings. The molecule has 0 aliphatic rings. The first-order chi connectivity index (χ1) is 16.4. The summed E-state index contributed by atoms with van der Waals surface area (Å²) in [6.07, 6.45) is -0.173. The van der Waals surface area contributed by atoms with Crippen molar-refractivity contribution in [2.24, 2.45) is 0 Å². The largest absolute Gasteiger partial charge is 0.506 e. The quantitative estimate of drug-likeness (QED) is 0.326. The molecule has 10 heteroatoms. The van der Waals surface area contributed by atoms with Crippen molar-refractivity contribution in [3.05, 3.63) is 82.4 Å². The lowest BCUT2D eigenvalue weighted by Crippen LogP contribution is -2.35. The van der Waals surface area contributed by atoms with Crippen LogP contribution in [0, 0.1) is 13.8 Å². The molecule has 1 atom stereocenters. The summed E-state index contributed by atoms with van der Waals surface area (Å²) in [4.78, 5) is 25.0. The van der Waals surface area contributed by atoms with Crippen LogP contribution in [-0.4, -0.2) is 31.4 Å². The van der Waals surface area contributed by atoms with E-state index in [0.717, 1.165) is 11.1 Å². The minimum absolute atomic E-state index is 0.0813. The van der Waals surface area contributed by atoms with Gasteiger partial charge in [0.05, 0.1) is 21.3 Å². The predicted octanol–water partition coefficient (Wildman–Crippen LogP) is 4.61. The van der Waals surface area contributed by atoms with E-state index in [4.69, 9.17) is 11.6 Å². The van der Waals surface area contributed by atoms with E-state index in [9.17, 15) is 23.1 Å². The topological polar surface area (TPSA) is 125 Å². The third kappa shape index (κ3) is 7.05. The van der Waals surface area contributed by atoms with Crippen molar-refractivity contribution in [2.75, 3.05) is 10.6 Å². The molecule has 0 saturated heterocycles. The first-order valence-corrected chi connectivity index (χ1v) is 12.6. The third-order valence-electron chi connectivity index (χ3n) is 5.10. The number of aryl methyl sites for hydroxylation is 2. The van der Waals surface area contributed by atoms with Gasteiger partial charge in [-0.2, -0.15) is 0 Å². The van der Waals surface area contributed by atoms with Crippen molar-refractivity contribution >= 4 is 44.8 Å². The van der Waals surface area contributed by atoms with E-state index >= 15 is 0 Å². The predicted molar refractivity (Wildman–Crippen MR) is 136 cm³/mol. The number of aromatic hydroxyl groups is 1. The molecule has 4 N–H and O–H groups in total. The minimum Gasteiger partial charge on any atom is -0.506 e. The number of rotatable bonds is 8. The van der Waals surface area contributed by atoms with Gasteiger partial charge in [0, 0.05) is 24.1 Å². The Balaban J connectivity index is 1.62. The Morgan fingerprint density at radius 3 is 2.09 bits per heavy atom. The number of nitrogens with one attached hydrogen (secondary N) is 3. The molecule has 1 unspecified atom stereocenters. The van der Waals surface area contributed by atoms with Crippen molar-refractivity contribution < 1.29 is 23.1 Å². The van der Waals surface area contributed by atoms with Crippen molar-refractivity contribution in [2.45, 2.75) is 38.1 Å². The number of halogens is 1. The molecular weight excluding hydrogens is 490 g/mol. The summed E-state index contributed by atoms with van der Waals surface area (Å²) in [7, 11) is -3.79. The molecule has 0 heterocycles. The van der Waals surface area contributed by atoms with Crippen molar-refractivity contribution in [3.8, 4) is 5.75 Å². The van der Waals surface area contributed by atoms with E-state index in [1.807, 2.05) is 13.8 Å². The van der Waals surface area contributed by atoms with Gasteiger partial charge in [0.15, 0.2) is 0 Å². The Morgan fingerprint density at radius 2 is 1.49 bits per heavy atom. The highest BCUT2D eigenvalue weighted by molar-refractivity contribution is 7.89. The number of hydrogen-bond acceptors (Lipinski definition) is 5. The molecule has 0 bridgehead atoms. The zero-order valence-corrected chi connectivity index (χ0v) is 21.0. The highest BCUT2D eigenvalue weighted by Crippen LogP contribution is 2.34. The van der Waals surface area contributed by atoms with Gasteiger partial charge in [-0.15, -0.1) is 0 Å². The van der Waals surface area contributed by atoms with Gasteiger partial charge in [0.1, 0.15) is 5.75 Å². The molecule has 35 heavy (non-hydrogen) atoms. The van der Waals surface area contributed by atoms with Crippen LogP contribution in [0.15, 0.2) is 65.6 Å². The number of benzene rings is 3. The maximum absolute atomic E-state index is 12.5. The molecule has 3 rings (SSSR count). The maximum atomic E-state index is 12.5. The summed E-state index contributed by atoms with van der Waals surface area (Å²) in [5, 5.41) is 15.6. The van der Waals surface area contributed by atoms with Crippen LogP contribution in [0.2, 0.25) is 5.02 Å². The third-order valence-corrected chi connectivity index (χ3v) is 7.02. The molecular formula is C25H26ClN3O5S. The summed E-state index contributed by atoms with van der Waals surface area (Å²) in [5.74, 6) is -1.23. The van der Waals surface area contributed by atoms with Crippen molar-refractivity contribution in [3.63, 3.8) is 0 Å². The van der Waals surface area contributed by atoms with Gasteiger partial charge >= 0.3 is 0 Å². The normalized spacial score (nSPS) is 12.1. The second-order valence-corrected chi connectivity index (χ2v) is 10.4. The number of anilines is 2. The van der Waals surface area contributed by atoms with Crippen LogP contribution in [0.25, 0.3) is 0 Å². The fraction of sp³-hybridized carbons (Fsp3) is 0.200. The maximum Gasteiger partial charge on any atom is 0.255 e. The highest BCUT2D eigenvalue weighted by Gasteiger charge is 2.20. The number of phenols is 1.